The second-order valence-electron chi connectivity index (χ2n) is 7.15. The zero-order valence-electron chi connectivity index (χ0n) is 14.8. The summed E-state index contributed by atoms with van der Waals surface area (Å²) in [6.07, 6.45) is 6.52. The standard InChI is InChI=1S/C19H26N4O2/c1-15-13-21(17-5-10-25-11-6-17)8-9-23(15)19(24)12-16-14-22-7-3-2-4-18(22)20-16/h2-4,7,14-15,17H,5-6,8-13H2,1H3/t15-/m1/s1. The maximum atomic E-state index is 12.8. The van der Waals surface area contributed by atoms with Crippen molar-refractivity contribution < 1.29 is 9.53 Å². The summed E-state index contributed by atoms with van der Waals surface area (Å²) in [6, 6.07) is 6.76. The first kappa shape index (κ1) is 16.5. The number of aromatic nitrogens is 2. The summed E-state index contributed by atoms with van der Waals surface area (Å²) in [5.41, 5.74) is 1.73. The van der Waals surface area contributed by atoms with E-state index < -0.39 is 0 Å². The molecule has 4 rings (SSSR count). The van der Waals surface area contributed by atoms with Gasteiger partial charge in [-0.3, -0.25) is 9.69 Å². The summed E-state index contributed by atoms with van der Waals surface area (Å²) in [6.45, 7) is 6.63. The summed E-state index contributed by atoms with van der Waals surface area (Å²) in [4.78, 5) is 21.9. The van der Waals surface area contributed by atoms with E-state index in [-0.39, 0.29) is 11.9 Å². The topological polar surface area (TPSA) is 50.1 Å². The molecule has 0 aliphatic carbocycles. The number of carbonyl (C=O) groups excluding carboxylic acids is 1. The van der Waals surface area contributed by atoms with Crippen LogP contribution in [0.4, 0.5) is 0 Å². The van der Waals surface area contributed by atoms with E-state index in [2.05, 4.69) is 16.8 Å². The van der Waals surface area contributed by atoms with Gasteiger partial charge in [-0.15, -0.1) is 0 Å². The molecule has 4 heterocycles. The molecule has 1 amide bonds. The molecule has 0 spiro atoms. The summed E-state index contributed by atoms with van der Waals surface area (Å²) >= 11 is 0. The first-order chi connectivity index (χ1) is 12.2. The maximum absolute atomic E-state index is 12.8. The Morgan fingerprint density at radius 2 is 2.12 bits per heavy atom. The van der Waals surface area contributed by atoms with Crippen molar-refractivity contribution in [2.24, 2.45) is 0 Å². The van der Waals surface area contributed by atoms with Gasteiger partial charge in [-0.25, -0.2) is 4.98 Å². The fraction of sp³-hybridized carbons (Fsp3) is 0.579. The van der Waals surface area contributed by atoms with Crippen molar-refractivity contribution in [2.75, 3.05) is 32.8 Å². The number of hydrogen-bond acceptors (Lipinski definition) is 4. The van der Waals surface area contributed by atoms with Gasteiger partial charge in [0.2, 0.25) is 5.91 Å². The van der Waals surface area contributed by atoms with Gasteiger partial charge in [0, 0.05) is 57.3 Å². The van der Waals surface area contributed by atoms with Crippen molar-refractivity contribution >= 4 is 11.6 Å². The summed E-state index contributed by atoms with van der Waals surface area (Å²) < 4.78 is 7.44. The lowest BCUT2D eigenvalue weighted by Gasteiger charge is -2.44. The lowest BCUT2D eigenvalue weighted by Crippen LogP contribution is -2.57. The number of nitrogens with zero attached hydrogens (tertiary/aromatic N) is 4. The Labute approximate surface area is 148 Å². The van der Waals surface area contributed by atoms with Crippen LogP contribution in [0.2, 0.25) is 0 Å². The monoisotopic (exact) mass is 342 g/mol. The predicted octanol–water partition coefficient (Wildman–Crippen LogP) is 1.59. The average molecular weight is 342 g/mol. The third-order valence-corrected chi connectivity index (χ3v) is 5.43. The molecule has 2 aliphatic rings. The molecular weight excluding hydrogens is 316 g/mol. The van der Waals surface area contributed by atoms with Crippen LogP contribution in [-0.4, -0.2) is 70.0 Å². The number of imidazole rings is 1. The maximum Gasteiger partial charge on any atom is 0.228 e. The van der Waals surface area contributed by atoms with E-state index in [4.69, 9.17) is 4.74 Å². The van der Waals surface area contributed by atoms with Gasteiger partial charge in [-0.2, -0.15) is 0 Å². The summed E-state index contributed by atoms with van der Waals surface area (Å²) in [5.74, 6) is 0.183. The molecule has 2 aromatic rings. The normalized spacial score (nSPS) is 23.2. The van der Waals surface area contributed by atoms with Gasteiger partial charge in [-0.05, 0) is 31.9 Å². The Hall–Kier alpha value is -1.92. The van der Waals surface area contributed by atoms with E-state index in [1.807, 2.05) is 39.9 Å². The highest BCUT2D eigenvalue weighted by Crippen LogP contribution is 2.20. The number of amides is 1. The zero-order valence-corrected chi connectivity index (χ0v) is 14.8. The summed E-state index contributed by atoms with van der Waals surface area (Å²) in [5, 5.41) is 0. The largest absolute Gasteiger partial charge is 0.381 e. The van der Waals surface area contributed by atoms with Gasteiger partial charge in [-0.1, -0.05) is 6.07 Å². The van der Waals surface area contributed by atoms with Crippen LogP contribution in [0, 0.1) is 0 Å². The lowest BCUT2D eigenvalue weighted by molar-refractivity contribution is -0.135. The number of ether oxygens (including phenoxy) is 1. The molecule has 134 valence electrons. The van der Waals surface area contributed by atoms with E-state index in [0.717, 1.165) is 57.0 Å². The first-order valence-electron chi connectivity index (χ1n) is 9.24. The minimum absolute atomic E-state index is 0.183. The molecule has 0 N–H and O–H groups in total. The van der Waals surface area contributed by atoms with E-state index in [1.165, 1.54) is 0 Å². The van der Waals surface area contributed by atoms with Crippen molar-refractivity contribution in [3.8, 4) is 0 Å². The third-order valence-electron chi connectivity index (χ3n) is 5.43. The van der Waals surface area contributed by atoms with Crippen molar-refractivity contribution in [2.45, 2.75) is 38.3 Å². The van der Waals surface area contributed by atoms with E-state index >= 15 is 0 Å². The van der Waals surface area contributed by atoms with Crippen LogP contribution >= 0.6 is 0 Å². The lowest BCUT2D eigenvalue weighted by atomic mass is 10.0. The van der Waals surface area contributed by atoms with Crippen molar-refractivity contribution in [3.63, 3.8) is 0 Å². The fourth-order valence-electron chi connectivity index (χ4n) is 4.07. The van der Waals surface area contributed by atoms with Crippen LogP contribution in [0.5, 0.6) is 0 Å². The molecule has 6 nitrogen and oxygen atoms in total. The van der Waals surface area contributed by atoms with E-state index in [0.29, 0.717) is 12.5 Å². The smallest absolute Gasteiger partial charge is 0.228 e. The average Bonchev–Trinajstić information content (AvgIpc) is 3.04. The van der Waals surface area contributed by atoms with Gasteiger partial charge in [0.05, 0.1) is 12.1 Å². The fourth-order valence-corrected chi connectivity index (χ4v) is 4.07. The Bertz CT molecular complexity index is 705. The zero-order chi connectivity index (χ0) is 17.2. The number of rotatable bonds is 3. The predicted molar refractivity (Wildman–Crippen MR) is 95.5 cm³/mol. The van der Waals surface area contributed by atoms with E-state index in [9.17, 15) is 4.79 Å². The van der Waals surface area contributed by atoms with Crippen molar-refractivity contribution in [1.29, 1.82) is 0 Å². The van der Waals surface area contributed by atoms with Crippen LogP contribution in [0.1, 0.15) is 25.5 Å². The highest BCUT2D eigenvalue weighted by atomic mass is 16.5. The van der Waals surface area contributed by atoms with E-state index in [1.54, 1.807) is 0 Å². The van der Waals surface area contributed by atoms with Gasteiger partial charge >= 0.3 is 0 Å². The number of piperazine rings is 1. The minimum atomic E-state index is 0.183. The molecule has 0 radical (unpaired) electrons. The molecule has 2 aromatic heterocycles. The molecule has 1 atom stereocenters. The van der Waals surface area contributed by atoms with Crippen LogP contribution in [-0.2, 0) is 16.0 Å². The highest BCUT2D eigenvalue weighted by molar-refractivity contribution is 5.79. The molecule has 2 fully saturated rings. The molecule has 0 unspecified atom stereocenters. The first-order valence-corrected chi connectivity index (χ1v) is 9.24. The molecule has 2 aliphatic heterocycles. The second kappa shape index (κ2) is 7.14. The number of carbonyl (C=O) groups is 1. The van der Waals surface area contributed by atoms with Gasteiger partial charge < -0.3 is 14.0 Å². The van der Waals surface area contributed by atoms with Crippen LogP contribution in [0.15, 0.2) is 30.6 Å². The SMILES string of the molecule is C[C@@H]1CN(C2CCOCC2)CCN1C(=O)Cc1cn2ccccc2n1. The third kappa shape index (κ3) is 3.55. The summed E-state index contributed by atoms with van der Waals surface area (Å²) in [7, 11) is 0. The number of pyridine rings is 1. The van der Waals surface area contributed by atoms with Crippen LogP contribution < -0.4 is 0 Å². The Balaban J connectivity index is 1.37. The molecule has 0 aromatic carbocycles. The molecule has 0 bridgehead atoms. The minimum Gasteiger partial charge on any atom is -0.381 e. The molecule has 25 heavy (non-hydrogen) atoms. The van der Waals surface area contributed by atoms with Crippen LogP contribution in [0.3, 0.4) is 0 Å². The van der Waals surface area contributed by atoms with Gasteiger partial charge in [0.15, 0.2) is 0 Å². The van der Waals surface area contributed by atoms with Gasteiger partial charge in [0.25, 0.3) is 0 Å². The Morgan fingerprint density at radius 1 is 1.28 bits per heavy atom. The molecule has 0 saturated carbocycles. The second-order valence-corrected chi connectivity index (χ2v) is 7.15. The van der Waals surface area contributed by atoms with Crippen molar-refractivity contribution in [3.05, 3.63) is 36.3 Å². The van der Waals surface area contributed by atoms with Gasteiger partial charge in [0.1, 0.15) is 5.65 Å². The molecule has 6 heteroatoms. The number of fused-ring (bicyclic) bond motifs is 1. The highest BCUT2D eigenvalue weighted by Gasteiger charge is 2.31. The molecular formula is C19H26N4O2. The molecule has 2 saturated heterocycles. The van der Waals surface area contributed by atoms with Crippen molar-refractivity contribution in [1.82, 2.24) is 19.2 Å². The number of hydrogen-bond donors (Lipinski definition) is 0. The van der Waals surface area contributed by atoms with Crippen LogP contribution in [0.25, 0.3) is 5.65 Å². The Kier molecular flexibility index (Phi) is 4.72. The quantitative estimate of drug-likeness (QED) is 0.850. The Morgan fingerprint density at radius 3 is 2.88 bits per heavy atom.